The molecule has 6 rings (SSSR count). The van der Waals surface area contributed by atoms with E-state index < -0.39 is 5.60 Å². The highest BCUT2D eigenvalue weighted by molar-refractivity contribution is 5.31. The molecule has 4 fully saturated rings. The molecule has 0 unspecified atom stereocenters. The van der Waals surface area contributed by atoms with Gasteiger partial charge in [-0.05, 0) is 112 Å². The third-order valence-electron chi connectivity index (χ3n) is 11.5. The van der Waals surface area contributed by atoms with Crippen LogP contribution >= 0.6 is 0 Å². The summed E-state index contributed by atoms with van der Waals surface area (Å²) in [4.78, 5) is 2.50. The molecule has 0 aromatic carbocycles. The maximum Gasteiger partial charge on any atom is 0.0937 e. The standard InChI is InChI=1S/C31H47NO4/c1-29-11-7-25(36-20-19-34-18-16-32-14-3-4-15-32)21-24(29)5-6-28-27(29)8-12-30(2)26(9-13-31(28,30)33)23-10-17-35-22-23/h5,10,17,22,25-28,33H,3-4,6-9,11-16,18-21H2,1-2H3/t25-,26+,27-,28+,29-,30+,31-/m0/s1. The van der Waals surface area contributed by atoms with Crippen molar-refractivity contribution < 1.29 is 19.0 Å². The van der Waals surface area contributed by atoms with Gasteiger partial charge in [0.05, 0.1) is 44.1 Å². The monoisotopic (exact) mass is 497 g/mol. The highest BCUT2D eigenvalue weighted by Gasteiger charge is 2.66. The molecule has 2 heterocycles. The SMILES string of the molecule is C[C@]12CC[C@H](OCCOCCN3CCCC3)CC1=CC[C@@H]1[C@@H]2CC[C@]2(C)[C@@H](c3ccoc3)CC[C@]12O. The maximum atomic E-state index is 12.3. The lowest BCUT2D eigenvalue weighted by molar-refractivity contribution is -0.173. The highest BCUT2D eigenvalue weighted by atomic mass is 16.5. The van der Waals surface area contributed by atoms with E-state index in [4.69, 9.17) is 13.9 Å². The van der Waals surface area contributed by atoms with Crippen molar-refractivity contribution in [2.24, 2.45) is 22.7 Å². The number of furan rings is 1. The fourth-order valence-corrected chi connectivity index (χ4v) is 9.32. The molecule has 0 radical (unpaired) electrons. The third-order valence-corrected chi connectivity index (χ3v) is 11.5. The number of hydrogen-bond acceptors (Lipinski definition) is 5. The summed E-state index contributed by atoms with van der Waals surface area (Å²) in [5.41, 5.74) is 2.45. The fourth-order valence-electron chi connectivity index (χ4n) is 9.32. The highest BCUT2D eigenvalue weighted by Crippen LogP contribution is 2.69. The molecule has 1 N–H and O–H groups in total. The van der Waals surface area contributed by atoms with Crippen molar-refractivity contribution in [3.8, 4) is 0 Å². The maximum absolute atomic E-state index is 12.3. The van der Waals surface area contributed by atoms with Crippen LogP contribution in [0.1, 0.15) is 89.5 Å². The van der Waals surface area contributed by atoms with E-state index in [9.17, 15) is 5.11 Å². The summed E-state index contributed by atoms with van der Waals surface area (Å²) in [7, 11) is 0. The second kappa shape index (κ2) is 9.87. The zero-order valence-corrected chi connectivity index (χ0v) is 22.6. The van der Waals surface area contributed by atoms with Gasteiger partial charge in [-0.25, -0.2) is 0 Å². The number of aliphatic hydroxyl groups is 1. The van der Waals surface area contributed by atoms with Crippen LogP contribution in [0.5, 0.6) is 0 Å². The lowest BCUT2D eigenvalue weighted by Gasteiger charge is -2.61. The van der Waals surface area contributed by atoms with Crippen LogP contribution in [0.15, 0.2) is 34.7 Å². The Bertz CT molecular complexity index is 923. The first kappa shape index (κ1) is 25.2. The molecule has 0 amide bonds. The van der Waals surface area contributed by atoms with E-state index in [0.29, 0.717) is 37.1 Å². The van der Waals surface area contributed by atoms with Crippen LogP contribution in [-0.4, -0.2) is 61.2 Å². The molecule has 3 saturated carbocycles. The summed E-state index contributed by atoms with van der Waals surface area (Å²) >= 11 is 0. The molecule has 200 valence electrons. The van der Waals surface area contributed by atoms with Crippen molar-refractivity contribution in [2.75, 3.05) is 39.5 Å². The zero-order chi connectivity index (χ0) is 24.8. The normalized spacial score (nSPS) is 42.6. The predicted octanol–water partition coefficient (Wildman–Crippen LogP) is 5.94. The predicted molar refractivity (Wildman–Crippen MR) is 141 cm³/mol. The Morgan fingerprint density at radius 1 is 1.03 bits per heavy atom. The second-order valence-corrected chi connectivity index (χ2v) is 13.0. The van der Waals surface area contributed by atoms with E-state index in [2.05, 4.69) is 30.9 Å². The number of nitrogens with zero attached hydrogens (tertiary/aromatic N) is 1. The number of ether oxygens (including phenoxy) is 2. The first-order chi connectivity index (χ1) is 17.4. The Hall–Kier alpha value is -1.14. The average molecular weight is 498 g/mol. The van der Waals surface area contributed by atoms with E-state index in [1.807, 2.05) is 6.26 Å². The van der Waals surface area contributed by atoms with Crippen molar-refractivity contribution in [2.45, 2.75) is 95.7 Å². The molecule has 5 nitrogen and oxygen atoms in total. The molecule has 5 aliphatic rings. The van der Waals surface area contributed by atoms with Gasteiger partial charge in [-0.2, -0.15) is 0 Å². The largest absolute Gasteiger partial charge is 0.472 e. The quantitative estimate of drug-likeness (QED) is 0.356. The smallest absolute Gasteiger partial charge is 0.0937 e. The molecule has 1 aromatic rings. The molecule has 0 bridgehead atoms. The molecule has 36 heavy (non-hydrogen) atoms. The van der Waals surface area contributed by atoms with Gasteiger partial charge in [-0.3, -0.25) is 0 Å². The Balaban J connectivity index is 1.06. The van der Waals surface area contributed by atoms with Gasteiger partial charge in [0.2, 0.25) is 0 Å². The van der Waals surface area contributed by atoms with Crippen molar-refractivity contribution in [3.05, 3.63) is 35.8 Å². The van der Waals surface area contributed by atoms with Gasteiger partial charge in [-0.1, -0.05) is 25.5 Å². The summed E-state index contributed by atoms with van der Waals surface area (Å²) in [6.45, 7) is 10.6. The van der Waals surface area contributed by atoms with Crippen molar-refractivity contribution in [1.82, 2.24) is 4.90 Å². The molecule has 1 aromatic heterocycles. The summed E-state index contributed by atoms with van der Waals surface area (Å²) in [6, 6.07) is 2.12. The van der Waals surface area contributed by atoms with Gasteiger partial charge in [0.1, 0.15) is 0 Å². The zero-order valence-electron chi connectivity index (χ0n) is 22.6. The molecule has 1 saturated heterocycles. The fraction of sp³-hybridized carbons (Fsp3) is 0.806. The van der Waals surface area contributed by atoms with E-state index >= 15 is 0 Å². The molecule has 0 spiro atoms. The van der Waals surface area contributed by atoms with Gasteiger partial charge < -0.3 is 23.9 Å². The Morgan fingerprint density at radius 3 is 2.69 bits per heavy atom. The number of rotatable bonds is 8. The van der Waals surface area contributed by atoms with E-state index in [-0.39, 0.29) is 10.8 Å². The van der Waals surface area contributed by atoms with E-state index in [0.717, 1.165) is 51.7 Å². The lowest BCUT2D eigenvalue weighted by atomic mass is 9.45. The van der Waals surface area contributed by atoms with Crippen LogP contribution in [0.3, 0.4) is 0 Å². The number of fused-ring (bicyclic) bond motifs is 5. The first-order valence-electron chi connectivity index (χ1n) is 14.8. The minimum absolute atomic E-state index is 0.0607. The summed E-state index contributed by atoms with van der Waals surface area (Å²) in [5.74, 6) is 1.35. The molecule has 7 atom stereocenters. The van der Waals surface area contributed by atoms with Crippen molar-refractivity contribution in [3.63, 3.8) is 0 Å². The number of likely N-dealkylation sites (tertiary alicyclic amines) is 1. The Labute approximate surface area is 217 Å². The molecule has 1 aliphatic heterocycles. The molecular formula is C31H47NO4. The van der Waals surface area contributed by atoms with Crippen LogP contribution in [0, 0.1) is 22.7 Å². The van der Waals surface area contributed by atoms with Crippen molar-refractivity contribution in [1.29, 1.82) is 0 Å². The number of hydrogen-bond donors (Lipinski definition) is 1. The molecule has 4 aliphatic carbocycles. The topological polar surface area (TPSA) is 55.1 Å². The van der Waals surface area contributed by atoms with Crippen LogP contribution in [0.4, 0.5) is 0 Å². The van der Waals surface area contributed by atoms with Crippen LogP contribution < -0.4 is 0 Å². The summed E-state index contributed by atoms with van der Waals surface area (Å²) in [5, 5.41) is 12.3. The van der Waals surface area contributed by atoms with Crippen LogP contribution in [-0.2, 0) is 9.47 Å². The lowest BCUT2D eigenvalue weighted by Crippen LogP contribution is -2.60. The van der Waals surface area contributed by atoms with E-state index in [1.165, 1.54) is 44.3 Å². The third kappa shape index (κ3) is 4.13. The molecular weight excluding hydrogens is 450 g/mol. The van der Waals surface area contributed by atoms with Crippen LogP contribution in [0.25, 0.3) is 0 Å². The molecule has 5 heteroatoms. The van der Waals surface area contributed by atoms with Gasteiger partial charge in [0, 0.05) is 12.0 Å². The second-order valence-electron chi connectivity index (χ2n) is 13.0. The summed E-state index contributed by atoms with van der Waals surface area (Å²) in [6.07, 6.45) is 17.9. The van der Waals surface area contributed by atoms with Gasteiger partial charge in [0.25, 0.3) is 0 Å². The Morgan fingerprint density at radius 2 is 1.89 bits per heavy atom. The summed E-state index contributed by atoms with van der Waals surface area (Å²) < 4.78 is 17.6. The van der Waals surface area contributed by atoms with Gasteiger partial charge in [-0.15, -0.1) is 0 Å². The van der Waals surface area contributed by atoms with Crippen molar-refractivity contribution >= 4 is 0 Å². The van der Waals surface area contributed by atoms with Crippen LogP contribution in [0.2, 0.25) is 0 Å². The van der Waals surface area contributed by atoms with E-state index in [1.54, 1.807) is 11.8 Å². The Kier molecular flexibility index (Phi) is 6.90. The first-order valence-corrected chi connectivity index (χ1v) is 14.8. The number of allylic oxidation sites excluding steroid dienone is 1. The van der Waals surface area contributed by atoms with Gasteiger partial charge in [0.15, 0.2) is 0 Å². The minimum Gasteiger partial charge on any atom is -0.472 e. The van der Waals surface area contributed by atoms with Gasteiger partial charge >= 0.3 is 0 Å². The minimum atomic E-state index is -0.581. The average Bonchev–Trinajstić information content (AvgIpc) is 3.62.